The van der Waals surface area contributed by atoms with Gasteiger partial charge in [0.15, 0.2) is 5.78 Å². The van der Waals surface area contributed by atoms with Gasteiger partial charge >= 0.3 is 0 Å². The highest BCUT2D eigenvalue weighted by atomic mass is 79.9. The lowest BCUT2D eigenvalue weighted by Gasteiger charge is -1.98. The van der Waals surface area contributed by atoms with Gasteiger partial charge in [0.1, 0.15) is 0 Å². The van der Waals surface area contributed by atoms with E-state index in [1.165, 1.54) is 22.7 Å². The maximum absolute atomic E-state index is 12.0. The normalized spacial score (nSPS) is 12.6. The maximum atomic E-state index is 12.0. The Balaban J connectivity index is 2.12. The van der Waals surface area contributed by atoms with E-state index in [2.05, 4.69) is 31.9 Å². The predicted molar refractivity (Wildman–Crippen MR) is 79.6 cm³/mol. The molecule has 2 rings (SSSR count). The van der Waals surface area contributed by atoms with Gasteiger partial charge < -0.3 is 0 Å². The molecule has 0 aliphatic rings. The Bertz CT molecular complexity index is 560. The molecule has 1 unspecified atom stereocenters. The molecule has 0 N–H and O–H groups in total. The van der Waals surface area contributed by atoms with Crippen LogP contribution in [0.25, 0.3) is 0 Å². The Morgan fingerprint density at radius 2 is 2.18 bits per heavy atom. The van der Waals surface area contributed by atoms with Gasteiger partial charge in [0.2, 0.25) is 0 Å². The van der Waals surface area contributed by atoms with E-state index in [1.807, 2.05) is 11.4 Å². The van der Waals surface area contributed by atoms with Gasteiger partial charge in [-0.15, -0.1) is 22.7 Å². The molecule has 0 radical (unpaired) electrons. The number of carbonyl (C=O) groups excluding carboxylic acids is 1. The highest BCUT2D eigenvalue weighted by Gasteiger charge is 2.17. The van der Waals surface area contributed by atoms with Gasteiger partial charge in [0, 0.05) is 5.56 Å². The number of Topliss-reactive ketones (excluding diaryl/α,β-unsaturated/α-hetero) is 1. The standard InChI is InChI=1S/C10H6Br2O2S3/c11-8-4-6(10(12)16-8)7(13)5-17(14)9-2-1-3-15-9/h1-4H,5H2. The minimum absolute atomic E-state index is 0.0300. The van der Waals surface area contributed by atoms with Crippen LogP contribution in [0.2, 0.25) is 0 Å². The summed E-state index contributed by atoms with van der Waals surface area (Å²) in [6.07, 6.45) is 0. The zero-order valence-electron chi connectivity index (χ0n) is 8.31. The van der Waals surface area contributed by atoms with Crippen molar-refractivity contribution in [3.63, 3.8) is 0 Å². The van der Waals surface area contributed by atoms with Gasteiger partial charge in [-0.25, -0.2) is 0 Å². The molecule has 2 aromatic rings. The van der Waals surface area contributed by atoms with E-state index in [-0.39, 0.29) is 11.5 Å². The Morgan fingerprint density at radius 1 is 1.41 bits per heavy atom. The van der Waals surface area contributed by atoms with Crippen LogP contribution in [0.5, 0.6) is 0 Å². The molecule has 0 spiro atoms. The van der Waals surface area contributed by atoms with E-state index in [1.54, 1.807) is 12.1 Å². The summed E-state index contributed by atoms with van der Waals surface area (Å²) in [6, 6.07) is 5.37. The van der Waals surface area contributed by atoms with E-state index in [9.17, 15) is 9.00 Å². The van der Waals surface area contributed by atoms with E-state index < -0.39 is 10.8 Å². The second kappa shape index (κ2) is 5.88. The number of halogens is 2. The van der Waals surface area contributed by atoms with E-state index >= 15 is 0 Å². The van der Waals surface area contributed by atoms with Crippen LogP contribution < -0.4 is 0 Å². The van der Waals surface area contributed by atoms with Crippen molar-refractivity contribution in [1.29, 1.82) is 0 Å². The Morgan fingerprint density at radius 3 is 2.71 bits per heavy atom. The van der Waals surface area contributed by atoms with E-state index in [0.717, 1.165) is 11.8 Å². The number of thiophene rings is 2. The van der Waals surface area contributed by atoms with Crippen LogP contribution in [-0.2, 0) is 10.8 Å². The van der Waals surface area contributed by atoms with Gasteiger partial charge in [0.25, 0.3) is 0 Å². The smallest absolute Gasteiger partial charge is 0.177 e. The van der Waals surface area contributed by atoms with Crippen LogP contribution in [-0.4, -0.2) is 15.7 Å². The average Bonchev–Trinajstić information content (AvgIpc) is 2.87. The molecule has 0 amide bonds. The Hall–Kier alpha value is 0.180. The molecule has 0 aliphatic carbocycles. The van der Waals surface area contributed by atoms with E-state index in [0.29, 0.717) is 5.56 Å². The Kier molecular flexibility index (Phi) is 4.71. The summed E-state index contributed by atoms with van der Waals surface area (Å²) in [5.41, 5.74) is 0.590. The molecule has 7 heteroatoms. The van der Waals surface area contributed by atoms with Crippen molar-refractivity contribution >= 4 is 71.1 Å². The van der Waals surface area contributed by atoms with Crippen LogP contribution >= 0.6 is 54.5 Å². The number of rotatable bonds is 4. The van der Waals surface area contributed by atoms with E-state index in [4.69, 9.17) is 0 Å². The van der Waals surface area contributed by atoms with Gasteiger partial charge in [-0.1, -0.05) is 6.07 Å². The molecular weight excluding hydrogens is 408 g/mol. The lowest BCUT2D eigenvalue weighted by atomic mass is 10.2. The lowest BCUT2D eigenvalue weighted by molar-refractivity contribution is 0.102. The van der Waals surface area contributed by atoms with Gasteiger partial charge in [-0.05, 0) is 49.4 Å². The summed E-state index contributed by atoms with van der Waals surface area (Å²) in [4.78, 5) is 12.0. The second-order valence-corrected chi connectivity index (χ2v) is 9.46. The number of carbonyl (C=O) groups is 1. The minimum atomic E-state index is -1.24. The van der Waals surface area contributed by atoms with Crippen LogP contribution in [0, 0.1) is 0 Å². The molecule has 2 aromatic heterocycles. The molecule has 0 aromatic carbocycles. The Labute approximate surface area is 126 Å². The van der Waals surface area contributed by atoms with Gasteiger partial charge in [-0.3, -0.25) is 9.00 Å². The zero-order chi connectivity index (χ0) is 12.4. The zero-order valence-corrected chi connectivity index (χ0v) is 13.9. The highest BCUT2D eigenvalue weighted by Crippen LogP contribution is 2.32. The third-order valence-corrected chi connectivity index (χ3v) is 6.90. The molecule has 0 bridgehead atoms. The fourth-order valence-corrected chi connectivity index (χ4v) is 6.03. The van der Waals surface area contributed by atoms with Gasteiger partial charge in [0.05, 0.1) is 28.3 Å². The predicted octanol–water partition coefficient (Wildman–Crippen LogP) is 4.33. The quantitative estimate of drug-likeness (QED) is 0.699. The molecule has 2 heterocycles. The SMILES string of the molecule is O=C(CS(=O)c1cccs1)c1cc(Br)sc1Br. The molecule has 0 saturated heterocycles. The summed E-state index contributed by atoms with van der Waals surface area (Å²) >= 11 is 9.49. The first-order valence-electron chi connectivity index (χ1n) is 4.48. The fraction of sp³-hybridized carbons (Fsp3) is 0.100. The van der Waals surface area contributed by atoms with Crippen molar-refractivity contribution in [2.75, 3.05) is 5.75 Å². The third-order valence-electron chi connectivity index (χ3n) is 1.94. The average molecular weight is 414 g/mol. The summed E-state index contributed by atoms with van der Waals surface area (Å²) in [7, 11) is -1.24. The van der Waals surface area contributed by atoms with Crippen LogP contribution in [0.1, 0.15) is 10.4 Å². The van der Waals surface area contributed by atoms with Crippen molar-refractivity contribution in [1.82, 2.24) is 0 Å². The van der Waals surface area contributed by atoms with Crippen molar-refractivity contribution in [3.05, 3.63) is 36.7 Å². The highest BCUT2D eigenvalue weighted by molar-refractivity contribution is 9.12. The molecule has 90 valence electrons. The summed E-state index contributed by atoms with van der Waals surface area (Å²) < 4.78 is 14.3. The molecule has 2 nitrogen and oxygen atoms in total. The largest absolute Gasteiger partial charge is 0.293 e. The molecular formula is C10H6Br2O2S3. The second-order valence-electron chi connectivity index (χ2n) is 3.08. The minimum Gasteiger partial charge on any atom is -0.293 e. The third kappa shape index (κ3) is 3.35. The van der Waals surface area contributed by atoms with Crippen molar-refractivity contribution in [3.8, 4) is 0 Å². The first-order valence-corrected chi connectivity index (χ1v) is 9.08. The topological polar surface area (TPSA) is 34.1 Å². The number of hydrogen-bond acceptors (Lipinski definition) is 4. The maximum Gasteiger partial charge on any atom is 0.177 e. The molecule has 0 saturated carbocycles. The first-order chi connectivity index (χ1) is 8.08. The van der Waals surface area contributed by atoms with Crippen LogP contribution in [0.15, 0.2) is 35.4 Å². The molecule has 0 aliphatic heterocycles. The van der Waals surface area contributed by atoms with Crippen molar-refractivity contribution in [2.45, 2.75) is 4.21 Å². The monoisotopic (exact) mass is 412 g/mol. The van der Waals surface area contributed by atoms with Crippen molar-refractivity contribution < 1.29 is 9.00 Å². The fourth-order valence-electron chi connectivity index (χ4n) is 1.19. The summed E-state index contributed by atoms with van der Waals surface area (Å²) in [5.74, 6) is -0.0759. The lowest BCUT2D eigenvalue weighted by Crippen LogP contribution is -2.09. The molecule has 0 fully saturated rings. The molecule has 17 heavy (non-hydrogen) atoms. The summed E-state index contributed by atoms with van der Waals surface area (Å²) in [6.45, 7) is 0. The van der Waals surface area contributed by atoms with Crippen molar-refractivity contribution in [2.24, 2.45) is 0 Å². The number of hydrogen-bond donors (Lipinski definition) is 0. The van der Waals surface area contributed by atoms with Crippen LogP contribution in [0.3, 0.4) is 0 Å². The number of ketones is 1. The molecule has 1 atom stereocenters. The van der Waals surface area contributed by atoms with Gasteiger partial charge in [-0.2, -0.15) is 0 Å². The van der Waals surface area contributed by atoms with Crippen LogP contribution in [0.4, 0.5) is 0 Å². The first kappa shape index (κ1) is 13.6. The summed E-state index contributed by atoms with van der Waals surface area (Å²) in [5, 5.41) is 1.86.